The minimum atomic E-state index is -3.00. The minimum absolute atomic E-state index is 0.156. The first kappa shape index (κ1) is 10.9. The average Bonchev–Trinajstić information content (AvgIpc) is 2.65. The van der Waals surface area contributed by atoms with E-state index in [1.54, 1.807) is 6.07 Å². The van der Waals surface area contributed by atoms with Gasteiger partial charge in [-0.3, -0.25) is 4.79 Å². The molecule has 0 aromatic carbocycles. The van der Waals surface area contributed by atoms with Crippen LogP contribution in [-0.2, 0) is 4.79 Å². The summed E-state index contributed by atoms with van der Waals surface area (Å²) < 4.78 is 24.3. The second-order valence-electron chi connectivity index (χ2n) is 3.36. The highest BCUT2D eigenvalue weighted by molar-refractivity contribution is 5.79. The predicted molar refractivity (Wildman–Crippen MR) is 45.6 cm³/mol. The van der Waals surface area contributed by atoms with Crippen molar-refractivity contribution in [1.29, 1.82) is 5.26 Å². The van der Waals surface area contributed by atoms with Gasteiger partial charge in [0, 0.05) is 6.04 Å². The smallest absolute Gasteiger partial charge is 0.315 e. The van der Waals surface area contributed by atoms with Crippen LogP contribution in [0.15, 0.2) is 0 Å². The number of amides is 1. The second-order valence-corrected chi connectivity index (χ2v) is 3.36. The topological polar surface area (TPSA) is 44.1 Å². The van der Waals surface area contributed by atoms with E-state index in [2.05, 4.69) is 0 Å². The Hall–Kier alpha value is -1.18. The molecule has 0 bridgehead atoms. The second kappa shape index (κ2) is 4.89. The van der Waals surface area contributed by atoms with Crippen LogP contribution in [0.3, 0.4) is 0 Å². The Bertz CT molecular complexity index is 244. The summed E-state index contributed by atoms with van der Waals surface area (Å²) in [7, 11) is 0. The molecule has 0 saturated heterocycles. The number of carbonyl (C=O) groups excluding carboxylic acids is 1. The van der Waals surface area contributed by atoms with Gasteiger partial charge in [-0.25, -0.2) is 0 Å². The van der Waals surface area contributed by atoms with Gasteiger partial charge < -0.3 is 4.90 Å². The van der Waals surface area contributed by atoms with Crippen LogP contribution in [0.2, 0.25) is 0 Å². The molecule has 14 heavy (non-hydrogen) atoms. The number of carbonyl (C=O) groups is 1. The van der Waals surface area contributed by atoms with Crippen LogP contribution in [0.25, 0.3) is 0 Å². The summed E-state index contributed by atoms with van der Waals surface area (Å²) >= 11 is 0. The maximum Gasteiger partial charge on any atom is 0.315 e. The Balaban J connectivity index is 2.63. The third kappa shape index (κ3) is 2.41. The van der Waals surface area contributed by atoms with E-state index in [1.807, 2.05) is 0 Å². The molecule has 3 nitrogen and oxygen atoms in total. The molecule has 0 heterocycles. The zero-order valence-electron chi connectivity index (χ0n) is 7.75. The lowest BCUT2D eigenvalue weighted by Gasteiger charge is -2.25. The molecule has 1 aliphatic carbocycles. The van der Waals surface area contributed by atoms with Gasteiger partial charge in [-0.2, -0.15) is 14.0 Å². The Morgan fingerprint density at radius 1 is 1.50 bits per heavy atom. The number of hydrogen-bond acceptors (Lipinski definition) is 2. The molecule has 1 saturated carbocycles. The van der Waals surface area contributed by atoms with Gasteiger partial charge in [0.2, 0.25) is 0 Å². The molecule has 0 atom stereocenters. The van der Waals surface area contributed by atoms with Crippen LogP contribution in [0.5, 0.6) is 0 Å². The fourth-order valence-electron chi connectivity index (χ4n) is 1.80. The van der Waals surface area contributed by atoms with Gasteiger partial charge in [-0.05, 0) is 12.8 Å². The van der Waals surface area contributed by atoms with E-state index in [0.29, 0.717) is 0 Å². The molecule has 1 fully saturated rings. The molecule has 5 heteroatoms. The monoisotopic (exact) mass is 202 g/mol. The molecule has 1 aliphatic rings. The van der Waals surface area contributed by atoms with Gasteiger partial charge >= 0.3 is 6.43 Å². The highest BCUT2D eigenvalue weighted by Gasteiger charge is 2.30. The lowest BCUT2D eigenvalue weighted by atomic mass is 10.2. The summed E-state index contributed by atoms with van der Waals surface area (Å²) in [5, 5.41) is 8.44. The van der Waals surface area contributed by atoms with Crippen molar-refractivity contribution in [1.82, 2.24) is 4.90 Å². The SMILES string of the molecule is N#CCN(C(=O)C(F)F)C1CCCC1. The number of rotatable bonds is 3. The quantitative estimate of drug-likeness (QED) is 0.651. The Labute approximate surface area is 81.3 Å². The summed E-state index contributed by atoms with van der Waals surface area (Å²) in [4.78, 5) is 12.1. The molecular weight excluding hydrogens is 190 g/mol. The summed E-state index contributed by atoms with van der Waals surface area (Å²) in [6, 6.07) is 1.60. The van der Waals surface area contributed by atoms with E-state index >= 15 is 0 Å². The van der Waals surface area contributed by atoms with Crippen LogP contribution in [-0.4, -0.2) is 29.8 Å². The number of nitriles is 1. The highest BCUT2D eigenvalue weighted by Crippen LogP contribution is 2.24. The summed E-state index contributed by atoms with van der Waals surface area (Å²) in [6.07, 6.45) is 0.371. The van der Waals surface area contributed by atoms with Gasteiger partial charge in [0.05, 0.1) is 6.07 Å². The standard InChI is InChI=1S/C9H12F2N2O/c10-8(11)9(14)13(6-5-12)7-3-1-2-4-7/h7-8H,1-4,6H2. The molecule has 0 aromatic heterocycles. The van der Waals surface area contributed by atoms with Crippen LogP contribution in [0.1, 0.15) is 25.7 Å². The van der Waals surface area contributed by atoms with Gasteiger partial charge in [0.25, 0.3) is 5.91 Å². The lowest BCUT2D eigenvalue weighted by molar-refractivity contribution is -0.144. The molecule has 78 valence electrons. The van der Waals surface area contributed by atoms with Crippen molar-refractivity contribution in [3.63, 3.8) is 0 Å². The van der Waals surface area contributed by atoms with E-state index in [1.165, 1.54) is 0 Å². The van der Waals surface area contributed by atoms with E-state index < -0.39 is 12.3 Å². The normalized spacial score (nSPS) is 17.0. The van der Waals surface area contributed by atoms with Crippen molar-refractivity contribution in [2.45, 2.75) is 38.2 Å². The Kier molecular flexibility index (Phi) is 3.81. The largest absolute Gasteiger partial charge is 0.321 e. The van der Waals surface area contributed by atoms with E-state index in [9.17, 15) is 13.6 Å². The zero-order valence-corrected chi connectivity index (χ0v) is 7.75. The number of halogens is 2. The van der Waals surface area contributed by atoms with E-state index in [-0.39, 0.29) is 12.6 Å². The van der Waals surface area contributed by atoms with Crippen molar-refractivity contribution >= 4 is 5.91 Å². The Morgan fingerprint density at radius 2 is 2.07 bits per heavy atom. The fraction of sp³-hybridized carbons (Fsp3) is 0.778. The van der Waals surface area contributed by atoms with Gasteiger partial charge in [0.15, 0.2) is 0 Å². The van der Waals surface area contributed by atoms with Crippen molar-refractivity contribution in [3.05, 3.63) is 0 Å². The molecule has 1 rings (SSSR count). The molecule has 0 N–H and O–H groups in total. The Morgan fingerprint density at radius 3 is 2.50 bits per heavy atom. The predicted octanol–water partition coefficient (Wildman–Crippen LogP) is 1.55. The fourth-order valence-corrected chi connectivity index (χ4v) is 1.80. The molecule has 0 radical (unpaired) electrons. The van der Waals surface area contributed by atoms with E-state index in [4.69, 9.17) is 5.26 Å². The number of hydrogen-bond donors (Lipinski definition) is 0. The molecule has 0 aromatic rings. The van der Waals surface area contributed by atoms with Crippen LogP contribution < -0.4 is 0 Å². The van der Waals surface area contributed by atoms with Crippen molar-refractivity contribution in [2.75, 3.05) is 6.54 Å². The number of nitrogens with zero attached hydrogens (tertiary/aromatic N) is 2. The number of alkyl halides is 2. The first-order chi connectivity index (χ1) is 6.66. The van der Waals surface area contributed by atoms with Crippen LogP contribution in [0.4, 0.5) is 8.78 Å². The molecule has 0 unspecified atom stereocenters. The minimum Gasteiger partial charge on any atom is -0.321 e. The maximum absolute atomic E-state index is 12.2. The van der Waals surface area contributed by atoms with Crippen LogP contribution in [0, 0.1) is 11.3 Å². The molecular formula is C9H12F2N2O. The summed E-state index contributed by atoms with van der Waals surface area (Å²) in [6.45, 7) is -0.228. The molecule has 0 spiro atoms. The summed E-state index contributed by atoms with van der Waals surface area (Å²) in [5.74, 6) is -1.21. The van der Waals surface area contributed by atoms with Gasteiger partial charge in [-0.15, -0.1) is 0 Å². The van der Waals surface area contributed by atoms with Crippen molar-refractivity contribution < 1.29 is 13.6 Å². The molecule has 1 amide bonds. The van der Waals surface area contributed by atoms with Crippen molar-refractivity contribution in [2.24, 2.45) is 0 Å². The van der Waals surface area contributed by atoms with Gasteiger partial charge in [-0.1, -0.05) is 12.8 Å². The summed E-state index contributed by atoms with van der Waals surface area (Å²) in [5.41, 5.74) is 0. The lowest BCUT2D eigenvalue weighted by Crippen LogP contribution is -2.42. The van der Waals surface area contributed by atoms with Crippen molar-refractivity contribution in [3.8, 4) is 6.07 Å². The first-order valence-electron chi connectivity index (χ1n) is 4.62. The van der Waals surface area contributed by atoms with E-state index in [0.717, 1.165) is 30.6 Å². The zero-order chi connectivity index (χ0) is 10.6. The van der Waals surface area contributed by atoms with Gasteiger partial charge in [0.1, 0.15) is 6.54 Å². The van der Waals surface area contributed by atoms with Crippen LogP contribution >= 0.6 is 0 Å². The maximum atomic E-state index is 12.2. The third-order valence-electron chi connectivity index (χ3n) is 2.48. The third-order valence-corrected chi connectivity index (χ3v) is 2.48. The first-order valence-corrected chi connectivity index (χ1v) is 4.62. The average molecular weight is 202 g/mol. The molecule has 0 aliphatic heterocycles. The highest BCUT2D eigenvalue weighted by atomic mass is 19.3.